The van der Waals surface area contributed by atoms with Crippen molar-refractivity contribution in [1.29, 1.82) is 0 Å². The minimum atomic E-state index is -0.973. The molecule has 0 amide bonds. The Kier molecular flexibility index (Phi) is 3.14. The second-order valence-corrected chi connectivity index (χ2v) is 1.50. The number of hydrogen-bond donors (Lipinski definition) is 3. The standard InChI is InChI=1S/C4H10N2O2/c1-6-2-3(5)4(7)8/h3,6H,2,5H2,1H3,(H,7,8)/t3-/m0/s1/i1+1,5+1,6+1. The van der Waals surface area contributed by atoms with Crippen molar-refractivity contribution in [1.82, 2.24) is 5.32 Å². The SMILES string of the molecule is [13CH3][15NH]C[C@H]([15NH2])C(=O)O. The number of nitrogens with one attached hydrogen (secondary N) is 1. The van der Waals surface area contributed by atoms with Gasteiger partial charge in [-0.05, 0) is 7.05 Å². The van der Waals surface area contributed by atoms with Crippen LogP contribution in [-0.4, -0.2) is 30.7 Å². The van der Waals surface area contributed by atoms with Crippen LogP contribution in [-0.2, 0) is 4.79 Å². The fraction of sp³-hybridized carbons (Fsp3) is 0.750. The predicted octanol–water partition coefficient (Wildman–Crippen LogP) is -1.38. The van der Waals surface area contributed by atoms with Gasteiger partial charge < -0.3 is 16.2 Å². The highest BCUT2D eigenvalue weighted by molar-refractivity contribution is 5.73. The maximum Gasteiger partial charge on any atom is 0.321 e. The lowest BCUT2D eigenvalue weighted by Gasteiger charge is -2.02. The zero-order valence-electron chi connectivity index (χ0n) is 4.72. The van der Waals surface area contributed by atoms with Crippen molar-refractivity contribution >= 4 is 5.97 Å². The number of carbonyl (C=O) groups is 1. The van der Waals surface area contributed by atoms with Crippen LogP contribution in [0, 0.1) is 0 Å². The van der Waals surface area contributed by atoms with Gasteiger partial charge in [0.2, 0.25) is 0 Å². The number of likely N-dealkylation sites (N-methyl/N-ethyl adjacent to an activating group) is 1. The Morgan fingerprint density at radius 3 is 2.62 bits per heavy atom. The monoisotopic (exact) mass is 121 g/mol. The number of nitrogens with two attached hydrogens (primary N) is 1. The molecule has 0 rings (SSSR count). The van der Waals surface area contributed by atoms with E-state index < -0.39 is 12.0 Å². The summed E-state index contributed by atoms with van der Waals surface area (Å²) in [5.41, 5.74) is 5.06. The maximum atomic E-state index is 9.92. The van der Waals surface area contributed by atoms with E-state index in [-0.39, 0.29) is 0 Å². The molecular formula is C4H10N2O2. The van der Waals surface area contributed by atoms with Crippen LogP contribution in [0.1, 0.15) is 0 Å². The van der Waals surface area contributed by atoms with E-state index in [9.17, 15) is 4.79 Å². The van der Waals surface area contributed by atoms with Crippen LogP contribution >= 0.6 is 0 Å². The molecule has 8 heavy (non-hydrogen) atoms. The van der Waals surface area contributed by atoms with Gasteiger partial charge in [-0.1, -0.05) is 0 Å². The Morgan fingerprint density at radius 2 is 2.50 bits per heavy atom. The summed E-state index contributed by atoms with van der Waals surface area (Å²) in [5, 5.41) is 10.8. The summed E-state index contributed by atoms with van der Waals surface area (Å²) in [7, 11) is 1.66. The van der Waals surface area contributed by atoms with Gasteiger partial charge in [0.05, 0.1) is 0 Å². The van der Waals surface area contributed by atoms with E-state index in [0.29, 0.717) is 6.54 Å². The molecule has 0 unspecified atom stereocenters. The molecular weight excluding hydrogens is 111 g/mol. The van der Waals surface area contributed by atoms with E-state index >= 15 is 0 Å². The van der Waals surface area contributed by atoms with Crippen molar-refractivity contribution in [2.45, 2.75) is 6.04 Å². The Hall–Kier alpha value is -0.610. The molecule has 0 fully saturated rings. The van der Waals surface area contributed by atoms with Crippen LogP contribution in [0.2, 0.25) is 0 Å². The Bertz CT molecular complexity index is 84.1. The minimum absolute atomic E-state index is 0.315. The smallest absolute Gasteiger partial charge is 0.321 e. The first-order chi connectivity index (χ1) is 3.68. The molecule has 1 atom stereocenters. The average Bonchev–Trinajstić information content (AvgIpc) is 1.67. The predicted molar refractivity (Wildman–Crippen MR) is 29.5 cm³/mol. The van der Waals surface area contributed by atoms with Gasteiger partial charge in [-0.3, -0.25) is 4.79 Å². The summed E-state index contributed by atoms with van der Waals surface area (Å²) in [6.45, 7) is 0.315. The first-order valence-corrected chi connectivity index (χ1v) is 2.31. The number of aliphatic carboxylic acids is 1. The molecule has 0 radical (unpaired) electrons. The Labute approximate surface area is 47.7 Å². The molecule has 0 saturated carbocycles. The van der Waals surface area contributed by atoms with Crippen LogP contribution < -0.4 is 11.1 Å². The highest BCUT2D eigenvalue weighted by Crippen LogP contribution is 1.71. The Morgan fingerprint density at radius 1 is 2.00 bits per heavy atom. The maximum absolute atomic E-state index is 9.92. The third kappa shape index (κ3) is 2.54. The molecule has 4 N–H and O–H groups in total. The van der Waals surface area contributed by atoms with Gasteiger partial charge >= 0.3 is 5.97 Å². The molecule has 0 aromatic rings. The molecule has 48 valence electrons. The van der Waals surface area contributed by atoms with Gasteiger partial charge in [-0.25, -0.2) is 0 Å². The van der Waals surface area contributed by atoms with Crippen LogP contribution in [0.5, 0.6) is 0 Å². The van der Waals surface area contributed by atoms with Gasteiger partial charge in [0.1, 0.15) is 6.04 Å². The molecule has 0 heterocycles. The van der Waals surface area contributed by atoms with E-state index in [1.807, 2.05) is 0 Å². The van der Waals surface area contributed by atoms with Crippen LogP contribution in [0.4, 0.5) is 0 Å². The van der Waals surface area contributed by atoms with Gasteiger partial charge in [0.25, 0.3) is 0 Å². The molecule has 0 aliphatic heterocycles. The molecule has 0 aromatic heterocycles. The van der Waals surface area contributed by atoms with Crippen molar-refractivity contribution in [3.63, 3.8) is 0 Å². The van der Waals surface area contributed by atoms with E-state index in [1.165, 1.54) is 0 Å². The third-order valence-corrected chi connectivity index (χ3v) is 0.741. The number of hydrogen-bond acceptors (Lipinski definition) is 3. The molecule has 4 heteroatoms. The van der Waals surface area contributed by atoms with Crippen LogP contribution in [0.25, 0.3) is 0 Å². The quantitative estimate of drug-likeness (QED) is 0.317. The van der Waals surface area contributed by atoms with E-state index in [4.69, 9.17) is 10.8 Å². The third-order valence-electron chi connectivity index (χ3n) is 0.741. The minimum Gasteiger partial charge on any atom is -0.480 e. The zero-order valence-corrected chi connectivity index (χ0v) is 4.72. The number of rotatable bonds is 3. The number of carboxylic acids is 1. The van der Waals surface area contributed by atoms with E-state index in [1.54, 1.807) is 7.05 Å². The van der Waals surface area contributed by atoms with Crippen molar-refractivity contribution in [3.05, 3.63) is 0 Å². The second kappa shape index (κ2) is 3.40. The van der Waals surface area contributed by atoms with Crippen molar-refractivity contribution in [2.75, 3.05) is 13.6 Å². The summed E-state index contributed by atoms with van der Waals surface area (Å²) in [5.74, 6) is -0.973. The topological polar surface area (TPSA) is 75.3 Å². The largest absolute Gasteiger partial charge is 0.480 e. The highest BCUT2D eigenvalue weighted by Gasteiger charge is 2.07. The van der Waals surface area contributed by atoms with Gasteiger partial charge in [0, 0.05) is 6.54 Å². The van der Waals surface area contributed by atoms with Crippen LogP contribution in [0.3, 0.4) is 0 Å². The summed E-state index contributed by atoms with van der Waals surface area (Å²) < 4.78 is 0. The van der Waals surface area contributed by atoms with Gasteiger partial charge in [0.15, 0.2) is 0 Å². The van der Waals surface area contributed by atoms with Crippen molar-refractivity contribution in [2.24, 2.45) is 5.73 Å². The Balaban J connectivity index is 3.32. The molecule has 0 bridgehead atoms. The molecule has 0 spiro atoms. The van der Waals surface area contributed by atoms with Crippen molar-refractivity contribution < 1.29 is 9.90 Å². The summed E-state index contributed by atoms with van der Waals surface area (Å²) in [6, 6.07) is -0.778. The zero-order chi connectivity index (χ0) is 6.57. The molecule has 0 aromatic carbocycles. The van der Waals surface area contributed by atoms with Crippen LogP contribution in [0.15, 0.2) is 0 Å². The van der Waals surface area contributed by atoms with E-state index in [0.717, 1.165) is 0 Å². The molecule has 4 nitrogen and oxygen atoms in total. The van der Waals surface area contributed by atoms with Crippen molar-refractivity contribution in [3.8, 4) is 0 Å². The summed E-state index contributed by atoms with van der Waals surface area (Å²) in [4.78, 5) is 9.92. The fourth-order valence-electron chi connectivity index (χ4n) is 0.307. The lowest BCUT2D eigenvalue weighted by atomic mass is 10.4. The first-order valence-electron chi connectivity index (χ1n) is 2.31. The van der Waals surface area contributed by atoms with Gasteiger partial charge in [-0.15, -0.1) is 0 Å². The normalized spacial score (nSPS) is 13.2. The highest BCUT2D eigenvalue weighted by atomic mass is 16.4. The number of carboxylic acid groups (broad SMARTS) is 1. The summed E-state index contributed by atoms with van der Waals surface area (Å²) >= 11 is 0. The van der Waals surface area contributed by atoms with E-state index in [2.05, 4.69) is 5.32 Å². The summed E-state index contributed by atoms with van der Waals surface area (Å²) in [6.07, 6.45) is 0. The fourth-order valence-corrected chi connectivity index (χ4v) is 0.307. The first kappa shape index (κ1) is 7.39. The lowest BCUT2D eigenvalue weighted by molar-refractivity contribution is -0.138. The average molecular weight is 121 g/mol. The molecule has 0 aliphatic carbocycles. The van der Waals surface area contributed by atoms with Gasteiger partial charge in [-0.2, -0.15) is 0 Å². The second-order valence-electron chi connectivity index (χ2n) is 1.50. The lowest BCUT2D eigenvalue weighted by Crippen LogP contribution is -2.38. The molecule has 0 saturated heterocycles. The molecule has 0 aliphatic rings.